The normalized spacial score (nSPS) is 12.8. The van der Waals surface area contributed by atoms with Crippen molar-refractivity contribution in [1.29, 1.82) is 0 Å². The van der Waals surface area contributed by atoms with Crippen molar-refractivity contribution < 1.29 is 9.18 Å². The van der Waals surface area contributed by atoms with E-state index in [-0.39, 0.29) is 17.8 Å². The number of benzene rings is 1. The van der Waals surface area contributed by atoms with Gasteiger partial charge in [-0.3, -0.25) is 0 Å². The summed E-state index contributed by atoms with van der Waals surface area (Å²) in [6.07, 6.45) is 7.56. The van der Waals surface area contributed by atoms with Crippen LogP contribution < -0.4 is 8.90 Å². The Morgan fingerprint density at radius 3 is 1.96 bits per heavy atom. The Balaban J connectivity index is 3.30. The van der Waals surface area contributed by atoms with Crippen LogP contribution in [0.1, 0.15) is 84.7 Å². The molecular formula is C22H38FNOSn. The summed E-state index contributed by atoms with van der Waals surface area (Å²) in [6.45, 7) is 10.2. The number of nitrogens with one attached hydrogen (secondary N) is 1. The van der Waals surface area contributed by atoms with Crippen LogP contribution in [-0.4, -0.2) is 24.3 Å². The first-order valence-corrected chi connectivity index (χ1v) is 17.9. The molecule has 1 aromatic rings. The Bertz CT molecular complexity index is 539. The Hall–Kier alpha value is -0.581. The second kappa shape index (κ2) is 12.0. The summed E-state index contributed by atoms with van der Waals surface area (Å²) < 4.78 is 20.0. The van der Waals surface area contributed by atoms with E-state index in [1.807, 2.05) is 6.92 Å². The molecule has 0 aliphatic heterocycles. The maximum atomic E-state index is 14.5. The Morgan fingerprint density at radius 2 is 1.54 bits per heavy atom. The number of amides is 1. The van der Waals surface area contributed by atoms with Crippen molar-refractivity contribution in [3.8, 4) is 0 Å². The van der Waals surface area contributed by atoms with Gasteiger partial charge >= 0.3 is 164 Å². The summed E-state index contributed by atoms with van der Waals surface area (Å²) >= 11 is -2.57. The minimum absolute atomic E-state index is 0.111. The van der Waals surface area contributed by atoms with Crippen molar-refractivity contribution in [3.63, 3.8) is 0 Å². The average molecular weight is 470 g/mol. The van der Waals surface area contributed by atoms with Crippen molar-refractivity contribution in [2.75, 3.05) is 0 Å². The first-order chi connectivity index (χ1) is 12.4. The number of carbonyl (C=O) groups excluding carboxylic acids is 1. The molecule has 0 aliphatic rings. The molecule has 1 N–H and O–H groups in total. The molecule has 148 valence electrons. The molecule has 0 spiro atoms. The molecule has 0 saturated carbocycles. The monoisotopic (exact) mass is 471 g/mol. The van der Waals surface area contributed by atoms with Gasteiger partial charge in [-0.1, -0.05) is 0 Å². The molecule has 0 saturated heterocycles. The Kier molecular flexibility index (Phi) is 10.8. The first kappa shape index (κ1) is 23.5. The van der Waals surface area contributed by atoms with E-state index in [1.54, 1.807) is 6.07 Å². The molecule has 1 amide bonds. The summed E-state index contributed by atoms with van der Waals surface area (Å²) in [6, 6.07) is 5.57. The summed E-state index contributed by atoms with van der Waals surface area (Å²) in [5, 5.41) is 2.85. The van der Waals surface area contributed by atoms with Crippen molar-refractivity contribution in [2.45, 2.75) is 92.5 Å². The zero-order chi connectivity index (χ0) is 19.6. The second-order valence-corrected chi connectivity index (χ2v) is 21.0. The molecule has 0 fully saturated rings. The van der Waals surface area contributed by atoms with Crippen LogP contribution >= 0.6 is 0 Å². The average Bonchev–Trinajstić information content (AvgIpc) is 2.61. The Labute approximate surface area is 164 Å². The molecule has 1 rings (SSSR count). The van der Waals surface area contributed by atoms with Crippen molar-refractivity contribution in [3.05, 3.63) is 29.6 Å². The van der Waals surface area contributed by atoms with Crippen molar-refractivity contribution >= 4 is 27.9 Å². The molecule has 1 unspecified atom stereocenters. The molecule has 2 nitrogen and oxygen atoms in total. The van der Waals surface area contributed by atoms with Gasteiger partial charge < -0.3 is 0 Å². The van der Waals surface area contributed by atoms with Crippen LogP contribution in [0.4, 0.5) is 4.39 Å². The molecule has 1 aromatic carbocycles. The quantitative estimate of drug-likeness (QED) is 0.369. The van der Waals surface area contributed by atoms with Gasteiger partial charge in [0.1, 0.15) is 0 Å². The minimum atomic E-state index is -2.57. The molecule has 4 heteroatoms. The number of hydrogen-bond donors (Lipinski definition) is 1. The van der Waals surface area contributed by atoms with E-state index in [0.717, 1.165) is 0 Å². The predicted molar refractivity (Wildman–Crippen MR) is 113 cm³/mol. The van der Waals surface area contributed by atoms with E-state index in [1.165, 1.54) is 62.3 Å². The fraction of sp³-hybridized carbons (Fsp3) is 0.682. The van der Waals surface area contributed by atoms with Crippen molar-refractivity contribution in [1.82, 2.24) is 5.32 Å². The number of carbonyl (C=O) groups is 1. The predicted octanol–water partition coefficient (Wildman–Crippen LogP) is 6.08. The summed E-state index contributed by atoms with van der Waals surface area (Å²) in [4.78, 5) is 11.4. The van der Waals surface area contributed by atoms with Crippen LogP contribution in [0.5, 0.6) is 0 Å². The number of halogens is 1. The van der Waals surface area contributed by atoms with Gasteiger partial charge in [-0.25, -0.2) is 0 Å². The van der Waals surface area contributed by atoms with Gasteiger partial charge in [-0.2, -0.15) is 0 Å². The Morgan fingerprint density at radius 1 is 1.04 bits per heavy atom. The van der Waals surface area contributed by atoms with E-state index >= 15 is 0 Å². The van der Waals surface area contributed by atoms with E-state index in [0.29, 0.717) is 5.56 Å². The van der Waals surface area contributed by atoms with Crippen molar-refractivity contribution in [2.24, 2.45) is 0 Å². The van der Waals surface area contributed by atoms with Gasteiger partial charge in [0.25, 0.3) is 0 Å². The molecule has 0 bridgehead atoms. The molecule has 0 radical (unpaired) electrons. The number of unbranched alkanes of at least 4 members (excludes halogenated alkanes) is 3. The third-order valence-electron chi connectivity index (χ3n) is 5.52. The molecule has 0 aliphatic carbocycles. The molecule has 26 heavy (non-hydrogen) atoms. The van der Waals surface area contributed by atoms with E-state index in [2.05, 4.69) is 38.2 Å². The topological polar surface area (TPSA) is 29.1 Å². The van der Waals surface area contributed by atoms with Gasteiger partial charge in [0.05, 0.1) is 0 Å². The number of hydrogen-bond acceptors (Lipinski definition) is 1. The standard InChI is InChI=1S/C10H11FNO.3C4H9.Sn/c1-7(12-8(2)13)9-5-3-4-6-10(9)11;3*1-3-4-2;/h4-7H,1-2H3,(H,12,13);3*1,3-4H2,2H3;. The SMILES string of the molecule is CCC[CH2][Sn]([CH2]CCC)([CH2]CCC)[c]1ccc(F)c(C(C)NC(C)=O)c1. The zero-order valence-corrected chi connectivity index (χ0v) is 20.3. The van der Waals surface area contributed by atoms with Gasteiger partial charge in [-0.05, 0) is 0 Å². The summed E-state index contributed by atoms with van der Waals surface area (Å²) in [5.41, 5.74) is 0.656. The summed E-state index contributed by atoms with van der Waals surface area (Å²) in [5.74, 6) is -0.309. The first-order valence-electron chi connectivity index (χ1n) is 10.5. The maximum absolute atomic E-state index is 14.5. The third-order valence-corrected chi connectivity index (χ3v) is 21.1. The fourth-order valence-corrected chi connectivity index (χ4v) is 19.9. The van der Waals surface area contributed by atoms with Gasteiger partial charge in [0, 0.05) is 0 Å². The zero-order valence-electron chi connectivity index (χ0n) is 17.5. The van der Waals surface area contributed by atoms with E-state index < -0.39 is 18.4 Å². The van der Waals surface area contributed by atoms with Crippen LogP contribution in [-0.2, 0) is 4.79 Å². The number of rotatable bonds is 12. The molecular weight excluding hydrogens is 432 g/mol. The molecule has 0 heterocycles. The fourth-order valence-electron chi connectivity index (χ4n) is 3.94. The van der Waals surface area contributed by atoms with Gasteiger partial charge in [0.2, 0.25) is 0 Å². The second-order valence-electron chi connectivity index (χ2n) is 7.75. The van der Waals surface area contributed by atoms with Crippen LogP contribution in [0, 0.1) is 5.82 Å². The molecule has 0 aromatic heterocycles. The van der Waals surface area contributed by atoms with Gasteiger partial charge in [0.15, 0.2) is 0 Å². The third kappa shape index (κ3) is 6.86. The van der Waals surface area contributed by atoms with Crippen LogP contribution in [0.3, 0.4) is 0 Å². The van der Waals surface area contributed by atoms with E-state index in [9.17, 15) is 9.18 Å². The van der Waals surface area contributed by atoms with Gasteiger partial charge in [-0.15, -0.1) is 0 Å². The van der Waals surface area contributed by atoms with Crippen LogP contribution in [0.15, 0.2) is 18.2 Å². The van der Waals surface area contributed by atoms with E-state index in [4.69, 9.17) is 0 Å². The summed E-state index contributed by atoms with van der Waals surface area (Å²) in [7, 11) is 0. The van der Waals surface area contributed by atoms with Crippen LogP contribution in [0.25, 0.3) is 0 Å². The molecule has 1 atom stereocenters. The van der Waals surface area contributed by atoms with Crippen LogP contribution in [0.2, 0.25) is 13.3 Å².